The maximum Gasteiger partial charge on any atom is 0.264 e. The summed E-state index contributed by atoms with van der Waals surface area (Å²) in [4.78, 5) is 13.6. The second-order valence-electron chi connectivity index (χ2n) is 8.50. The first-order valence-corrected chi connectivity index (χ1v) is 15.5. The van der Waals surface area contributed by atoms with Crippen LogP contribution in [0.4, 0.5) is 11.4 Å². The van der Waals surface area contributed by atoms with Crippen LogP contribution >= 0.6 is 0 Å². The molecule has 0 saturated carbocycles. The van der Waals surface area contributed by atoms with E-state index < -0.39 is 32.0 Å². The second kappa shape index (κ2) is 12.7. The van der Waals surface area contributed by atoms with E-state index in [0.29, 0.717) is 11.3 Å². The molecule has 0 bridgehead atoms. The molecule has 0 heterocycles. The summed E-state index contributed by atoms with van der Waals surface area (Å²) in [6.07, 6.45) is 0.997. The summed E-state index contributed by atoms with van der Waals surface area (Å²) in [5.41, 5.74) is 0.907. The number of ether oxygens (including phenoxy) is 2. The van der Waals surface area contributed by atoms with Gasteiger partial charge in [0.2, 0.25) is 10.0 Å². The molecule has 0 aliphatic heterocycles. The molecule has 1 unspecified atom stereocenters. The number of rotatable bonds is 12. The fourth-order valence-electron chi connectivity index (χ4n) is 3.73. The molecule has 0 spiro atoms. The highest BCUT2D eigenvalue weighted by molar-refractivity contribution is 7.92. The molecular formula is C27H30N4O7S2. The number of nitrogens with one attached hydrogen (secondary N) is 2. The van der Waals surface area contributed by atoms with Gasteiger partial charge in [-0.05, 0) is 56.3 Å². The molecule has 40 heavy (non-hydrogen) atoms. The average Bonchev–Trinajstić information content (AvgIpc) is 2.92. The fourth-order valence-corrected chi connectivity index (χ4v) is 5.26. The third-order valence-electron chi connectivity index (χ3n) is 5.72. The first-order valence-electron chi connectivity index (χ1n) is 12.2. The number of nitrogens with zero attached hydrogens (tertiary/aromatic N) is 2. The van der Waals surface area contributed by atoms with Crippen LogP contribution in [0.1, 0.15) is 31.0 Å². The van der Waals surface area contributed by atoms with E-state index in [1.807, 2.05) is 6.07 Å². The Morgan fingerprint density at radius 2 is 1.52 bits per heavy atom. The smallest absolute Gasteiger partial charge is 0.264 e. The number of anilines is 2. The summed E-state index contributed by atoms with van der Waals surface area (Å²) in [6, 6.07) is 16.9. The van der Waals surface area contributed by atoms with Gasteiger partial charge in [-0.3, -0.25) is 9.10 Å². The first-order chi connectivity index (χ1) is 18.9. The molecule has 0 aromatic heterocycles. The summed E-state index contributed by atoms with van der Waals surface area (Å²) >= 11 is 0. The minimum atomic E-state index is -4.28. The second-order valence-corrected chi connectivity index (χ2v) is 12.2. The van der Waals surface area contributed by atoms with Crippen LogP contribution in [0, 0.1) is 11.3 Å². The van der Waals surface area contributed by atoms with Crippen molar-refractivity contribution in [1.29, 1.82) is 5.26 Å². The molecule has 0 fully saturated rings. The van der Waals surface area contributed by atoms with Crippen LogP contribution in [-0.2, 0) is 24.8 Å². The largest absolute Gasteiger partial charge is 0.490 e. The lowest BCUT2D eigenvalue weighted by atomic mass is 10.0. The number of nitriles is 1. The Balaban J connectivity index is 2.23. The molecule has 2 N–H and O–H groups in total. The van der Waals surface area contributed by atoms with E-state index >= 15 is 0 Å². The summed E-state index contributed by atoms with van der Waals surface area (Å²) in [5.74, 6) is -0.508. The monoisotopic (exact) mass is 586 g/mol. The lowest BCUT2D eigenvalue weighted by molar-refractivity contribution is -0.120. The van der Waals surface area contributed by atoms with Gasteiger partial charge in [-0.15, -0.1) is 0 Å². The maximum atomic E-state index is 13.7. The van der Waals surface area contributed by atoms with E-state index in [4.69, 9.17) is 14.7 Å². The Morgan fingerprint density at radius 1 is 0.950 bits per heavy atom. The van der Waals surface area contributed by atoms with Gasteiger partial charge in [-0.25, -0.2) is 21.6 Å². The van der Waals surface area contributed by atoms with Crippen LogP contribution in [0.5, 0.6) is 11.5 Å². The summed E-state index contributed by atoms with van der Waals surface area (Å²) < 4.78 is 65.8. The van der Waals surface area contributed by atoms with Crippen LogP contribution in [0.25, 0.3) is 0 Å². The normalized spacial score (nSPS) is 12.1. The van der Waals surface area contributed by atoms with Gasteiger partial charge in [0.1, 0.15) is 6.04 Å². The van der Waals surface area contributed by atoms with Crippen molar-refractivity contribution in [2.24, 2.45) is 0 Å². The van der Waals surface area contributed by atoms with Gasteiger partial charge in [-0.1, -0.05) is 18.2 Å². The molecule has 11 nitrogen and oxygen atoms in total. The van der Waals surface area contributed by atoms with E-state index in [2.05, 4.69) is 10.0 Å². The van der Waals surface area contributed by atoms with Gasteiger partial charge in [0.25, 0.3) is 15.9 Å². The molecule has 1 amide bonds. The number of carbonyl (C=O) groups is 1. The highest BCUT2D eigenvalue weighted by Crippen LogP contribution is 2.40. The first kappa shape index (κ1) is 30.3. The van der Waals surface area contributed by atoms with E-state index in [-0.39, 0.29) is 40.9 Å². The van der Waals surface area contributed by atoms with E-state index in [1.165, 1.54) is 55.6 Å². The number of hydrogen-bond donors (Lipinski definition) is 2. The molecule has 1 atom stereocenters. The van der Waals surface area contributed by atoms with Crippen molar-refractivity contribution in [3.05, 3.63) is 77.9 Å². The standard InChI is InChI=1S/C27H30N4O7S2/c1-5-37-24-16-22(23(17-25(24)38-6-2)31(3)39(4,33)34)26(29-20-14-12-19(18-28)13-15-20)27(32)30-40(35,36)21-10-8-7-9-11-21/h7-17,26,29H,5-6H2,1-4H3,(H,30,32). The SMILES string of the molecule is CCOc1cc(C(Nc2ccc(C#N)cc2)C(=O)NS(=O)(=O)c2ccccc2)c(N(C)S(C)(=O)=O)cc1OCC. The molecule has 3 aromatic rings. The predicted octanol–water partition coefficient (Wildman–Crippen LogP) is 3.41. The Hall–Kier alpha value is -4.28. The van der Waals surface area contributed by atoms with Crippen molar-refractivity contribution in [3.8, 4) is 17.6 Å². The minimum Gasteiger partial charge on any atom is -0.490 e. The molecule has 3 aromatic carbocycles. The molecular weight excluding hydrogens is 556 g/mol. The van der Waals surface area contributed by atoms with Gasteiger partial charge in [-0.2, -0.15) is 5.26 Å². The lowest BCUT2D eigenvalue weighted by Crippen LogP contribution is -2.38. The van der Waals surface area contributed by atoms with Crippen LogP contribution < -0.4 is 23.8 Å². The highest BCUT2D eigenvalue weighted by Gasteiger charge is 2.32. The van der Waals surface area contributed by atoms with Crippen molar-refractivity contribution >= 4 is 37.3 Å². The zero-order valence-corrected chi connectivity index (χ0v) is 24.0. The summed E-state index contributed by atoms with van der Waals surface area (Å²) in [5, 5.41) is 12.1. The third-order valence-corrected chi connectivity index (χ3v) is 8.27. The fraction of sp³-hybridized carbons (Fsp3) is 0.259. The van der Waals surface area contributed by atoms with Crippen molar-refractivity contribution in [1.82, 2.24) is 4.72 Å². The zero-order chi connectivity index (χ0) is 29.5. The van der Waals surface area contributed by atoms with Crippen molar-refractivity contribution in [2.75, 3.05) is 36.1 Å². The van der Waals surface area contributed by atoms with Gasteiger partial charge >= 0.3 is 0 Å². The van der Waals surface area contributed by atoms with Gasteiger partial charge < -0.3 is 14.8 Å². The lowest BCUT2D eigenvalue weighted by Gasteiger charge is -2.27. The number of carbonyl (C=O) groups excluding carboxylic acids is 1. The van der Waals surface area contributed by atoms with Gasteiger partial charge in [0.15, 0.2) is 11.5 Å². The maximum absolute atomic E-state index is 13.7. The number of hydrogen-bond acceptors (Lipinski definition) is 9. The van der Waals surface area contributed by atoms with E-state index in [9.17, 15) is 21.6 Å². The predicted molar refractivity (Wildman–Crippen MR) is 151 cm³/mol. The van der Waals surface area contributed by atoms with Crippen molar-refractivity contribution in [3.63, 3.8) is 0 Å². The molecule has 0 saturated heterocycles. The number of amides is 1. The molecule has 212 valence electrons. The third kappa shape index (κ3) is 7.22. The Labute approximate surface area is 234 Å². The molecule has 0 aliphatic rings. The number of benzene rings is 3. The molecule has 0 aliphatic carbocycles. The highest BCUT2D eigenvalue weighted by atomic mass is 32.2. The topological polar surface area (TPSA) is 155 Å². The summed E-state index contributed by atoms with van der Waals surface area (Å²) in [7, 11) is -6.81. The van der Waals surface area contributed by atoms with Gasteiger partial charge in [0.05, 0.1) is 41.7 Å². The molecule has 0 radical (unpaired) electrons. The van der Waals surface area contributed by atoms with Crippen LogP contribution in [-0.4, -0.2) is 49.3 Å². The van der Waals surface area contributed by atoms with E-state index in [0.717, 1.165) is 10.6 Å². The zero-order valence-electron chi connectivity index (χ0n) is 22.4. The summed E-state index contributed by atoms with van der Waals surface area (Å²) in [6.45, 7) is 3.99. The van der Waals surface area contributed by atoms with Crippen molar-refractivity contribution < 1.29 is 31.1 Å². The van der Waals surface area contributed by atoms with Crippen molar-refractivity contribution in [2.45, 2.75) is 24.8 Å². The molecule has 3 rings (SSSR count). The molecule has 13 heteroatoms. The average molecular weight is 587 g/mol. The Bertz CT molecular complexity index is 1600. The Morgan fingerprint density at radius 3 is 2.05 bits per heavy atom. The van der Waals surface area contributed by atoms with E-state index in [1.54, 1.807) is 32.0 Å². The quantitative estimate of drug-likeness (QED) is 0.325. The minimum absolute atomic E-state index is 0.0628. The van der Waals surface area contributed by atoms with Gasteiger partial charge in [0, 0.05) is 24.4 Å². The number of sulfonamides is 2. The van der Waals surface area contributed by atoms with Crippen LogP contribution in [0.15, 0.2) is 71.6 Å². The van der Waals surface area contributed by atoms with Crippen LogP contribution in [0.3, 0.4) is 0 Å². The Kier molecular flexibility index (Phi) is 9.62. The van der Waals surface area contributed by atoms with Crippen LogP contribution in [0.2, 0.25) is 0 Å².